The lowest BCUT2D eigenvalue weighted by Crippen LogP contribution is -2.34. The van der Waals surface area contributed by atoms with E-state index < -0.39 is 0 Å². The van der Waals surface area contributed by atoms with Crippen molar-refractivity contribution in [2.45, 2.75) is 57.9 Å². The molecule has 18 heavy (non-hydrogen) atoms. The van der Waals surface area contributed by atoms with E-state index in [9.17, 15) is 0 Å². The maximum atomic E-state index is 5.52. The summed E-state index contributed by atoms with van der Waals surface area (Å²) in [7, 11) is 1.72. The molecule has 2 atom stereocenters. The quantitative estimate of drug-likeness (QED) is 0.610. The number of ether oxygens (including phenoxy) is 2. The minimum atomic E-state index is 0.715. The lowest BCUT2D eigenvalue weighted by molar-refractivity contribution is 0.0661. The first kappa shape index (κ1) is 15.9. The van der Waals surface area contributed by atoms with E-state index in [0.717, 1.165) is 25.2 Å². The molecule has 1 saturated carbocycles. The Morgan fingerprint density at radius 3 is 2.83 bits per heavy atom. The molecule has 108 valence electrons. The van der Waals surface area contributed by atoms with Crippen LogP contribution in [0.4, 0.5) is 0 Å². The van der Waals surface area contributed by atoms with Crippen LogP contribution in [-0.4, -0.2) is 39.5 Å². The Morgan fingerprint density at radius 2 is 2.06 bits per heavy atom. The Labute approximate surface area is 113 Å². The lowest BCUT2D eigenvalue weighted by Gasteiger charge is -2.30. The molecule has 1 rings (SSSR count). The average Bonchev–Trinajstić information content (AvgIpc) is 2.41. The summed E-state index contributed by atoms with van der Waals surface area (Å²) in [6.45, 7) is 5.77. The molecule has 0 aromatic rings. The average molecular weight is 257 g/mol. The number of hydrogen-bond acceptors (Lipinski definition) is 3. The van der Waals surface area contributed by atoms with Gasteiger partial charge in [0.15, 0.2) is 0 Å². The van der Waals surface area contributed by atoms with Gasteiger partial charge in [0.05, 0.1) is 13.2 Å². The van der Waals surface area contributed by atoms with Crippen molar-refractivity contribution < 1.29 is 9.47 Å². The molecule has 0 amide bonds. The molecule has 1 aliphatic carbocycles. The molecule has 1 N–H and O–H groups in total. The van der Waals surface area contributed by atoms with Crippen LogP contribution >= 0.6 is 0 Å². The van der Waals surface area contributed by atoms with Crippen LogP contribution in [0.1, 0.15) is 51.9 Å². The maximum absolute atomic E-state index is 5.52. The first-order chi connectivity index (χ1) is 8.86. The fraction of sp³-hybridized carbons (Fsp3) is 1.00. The Kier molecular flexibility index (Phi) is 9.54. The van der Waals surface area contributed by atoms with E-state index in [1.165, 1.54) is 51.5 Å². The second-order valence-electron chi connectivity index (χ2n) is 5.43. The standard InChI is InChI=1S/C15H31NO2/c1-3-9-16-15-8-4-6-14(13-15)7-5-10-18-12-11-17-2/h14-16H,3-13H2,1-2H3. The van der Waals surface area contributed by atoms with E-state index in [-0.39, 0.29) is 0 Å². The molecule has 3 nitrogen and oxygen atoms in total. The molecule has 3 heteroatoms. The van der Waals surface area contributed by atoms with Crippen molar-refractivity contribution in [3.63, 3.8) is 0 Å². The van der Waals surface area contributed by atoms with Gasteiger partial charge in [-0.1, -0.05) is 19.8 Å². The van der Waals surface area contributed by atoms with Gasteiger partial charge in [0.25, 0.3) is 0 Å². The van der Waals surface area contributed by atoms with Gasteiger partial charge in [-0.15, -0.1) is 0 Å². The minimum Gasteiger partial charge on any atom is -0.382 e. The summed E-state index contributed by atoms with van der Waals surface area (Å²) in [5.41, 5.74) is 0. The number of methoxy groups -OCH3 is 1. The molecule has 0 aliphatic heterocycles. The van der Waals surface area contributed by atoms with Gasteiger partial charge in [0.1, 0.15) is 0 Å². The van der Waals surface area contributed by atoms with Crippen LogP contribution in [-0.2, 0) is 9.47 Å². The predicted octanol–water partition coefficient (Wildman–Crippen LogP) is 2.99. The topological polar surface area (TPSA) is 30.5 Å². The van der Waals surface area contributed by atoms with Gasteiger partial charge in [-0.05, 0) is 44.6 Å². The van der Waals surface area contributed by atoms with E-state index >= 15 is 0 Å². The summed E-state index contributed by atoms with van der Waals surface area (Å²) in [6, 6.07) is 0.776. The van der Waals surface area contributed by atoms with Gasteiger partial charge in [-0.25, -0.2) is 0 Å². The smallest absolute Gasteiger partial charge is 0.0700 e. The highest BCUT2D eigenvalue weighted by Crippen LogP contribution is 2.27. The van der Waals surface area contributed by atoms with Crippen LogP contribution in [0.25, 0.3) is 0 Å². The highest BCUT2D eigenvalue weighted by molar-refractivity contribution is 4.77. The summed E-state index contributed by atoms with van der Waals surface area (Å²) in [5.74, 6) is 0.916. The number of nitrogens with one attached hydrogen (secondary N) is 1. The third-order valence-electron chi connectivity index (χ3n) is 3.80. The summed E-state index contributed by atoms with van der Waals surface area (Å²) < 4.78 is 10.5. The molecule has 2 unspecified atom stereocenters. The summed E-state index contributed by atoms with van der Waals surface area (Å²) in [5, 5.41) is 3.67. The van der Waals surface area contributed by atoms with E-state index in [0.29, 0.717) is 6.61 Å². The van der Waals surface area contributed by atoms with Crippen LogP contribution in [0.15, 0.2) is 0 Å². The van der Waals surface area contributed by atoms with Gasteiger partial charge in [0, 0.05) is 19.8 Å². The molecule has 1 aliphatic rings. The van der Waals surface area contributed by atoms with Gasteiger partial charge in [0.2, 0.25) is 0 Å². The van der Waals surface area contributed by atoms with E-state index in [1.807, 2.05) is 0 Å². The first-order valence-electron chi connectivity index (χ1n) is 7.66. The normalized spacial score (nSPS) is 24.3. The van der Waals surface area contributed by atoms with Gasteiger partial charge >= 0.3 is 0 Å². The highest BCUT2D eigenvalue weighted by Gasteiger charge is 2.20. The predicted molar refractivity (Wildman–Crippen MR) is 76.0 cm³/mol. The van der Waals surface area contributed by atoms with Crippen LogP contribution in [0.3, 0.4) is 0 Å². The van der Waals surface area contributed by atoms with Crippen LogP contribution in [0.2, 0.25) is 0 Å². The van der Waals surface area contributed by atoms with Crippen molar-refractivity contribution in [3.8, 4) is 0 Å². The maximum Gasteiger partial charge on any atom is 0.0700 e. The first-order valence-corrected chi connectivity index (χ1v) is 7.66. The van der Waals surface area contributed by atoms with Crippen molar-refractivity contribution in [1.29, 1.82) is 0 Å². The molecule has 0 spiro atoms. The number of rotatable bonds is 10. The van der Waals surface area contributed by atoms with Crippen LogP contribution in [0, 0.1) is 5.92 Å². The van der Waals surface area contributed by atoms with Gasteiger partial charge < -0.3 is 14.8 Å². The molecule has 0 radical (unpaired) electrons. The Bertz CT molecular complexity index is 187. The molecule has 1 fully saturated rings. The minimum absolute atomic E-state index is 0.715. The zero-order chi connectivity index (χ0) is 13.1. The molecule has 0 saturated heterocycles. The second kappa shape index (κ2) is 10.8. The third-order valence-corrected chi connectivity index (χ3v) is 3.80. The molecule has 0 aromatic carbocycles. The third kappa shape index (κ3) is 7.34. The van der Waals surface area contributed by atoms with E-state index in [4.69, 9.17) is 9.47 Å². The lowest BCUT2D eigenvalue weighted by atomic mass is 9.83. The Morgan fingerprint density at radius 1 is 1.17 bits per heavy atom. The fourth-order valence-corrected chi connectivity index (χ4v) is 2.81. The van der Waals surface area contributed by atoms with Crippen molar-refractivity contribution in [1.82, 2.24) is 5.32 Å². The highest BCUT2D eigenvalue weighted by atomic mass is 16.5. The molecule has 0 bridgehead atoms. The summed E-state index contributed by atoms with van der Waals surface area (Å²) >= 11 is 0. The van der Waals surface area contributed by atoms with Crippen molar-refractivity contribution in [2.24, 2.45) is 5.92 Å². The zero-order valence-corrected chi connectivity index (χ0v) is 12.2. The molecular weight excluding hydrogens is 226 g/mol. The summed E-state index contributed by atoms with van der Waals surface area (Å²) in [6.07, 6.45) is 9.35. The SMILES string of the molecule is CCCNC1CCCC(CCCOCCOC)C1. The van der Waals surface area contributed by atoms with Crippen LogP contribution < -0.4 is 5.32 Å². The Balaban J connectivity index is 2.00. The van der Waals surface area contributed by atoms with Crippen molar-refractivity contribution in [3.05, 3.63) is 0 Å². The van der Waals surface area contributed by atoms with Crippen LogP contribution in [0.5, 0.6) is 0 Å². The van der Waals surface area contributed by atoms with Gasteiger partial charge in [-0.2, -0.15) is 0 Å². The zero-order valence-electron chi connectivity index (χ0n) is 12.2. The molecule has 0 aromatic heterocycles. The molecule has 0 heterocycles. The summed E-state index contributed by atoms with van der Waals surface area (Å²) in [4.78, 5) is 0. The second-order valence-corrected chi connectivity index (χ2v) is 5.43. The Hall–Kier alpha value is -0.120. The van der Waals surface area contributed by atoms with Crippen molar-refractivity contribution in [2.75, 3.05) is 33.5 Å². The fourth-order valence-electron chi connectivity index (χ4n) is 2.81. The monoisotopic (exact) mass is 257 g/mol. The number of hydrogen-bond donors (Lipinski definition) is 1. The van der Waals surface area contributed by atoms with Gasteiger partial charge in [-0.3, -0.25) is 0 Å². The van der Waals surface area contributed by atoms with Crippen molar-refractivity contribution >= 4 is 0 Å². The van der Waals surface area contributed by atoms with E-state index in [1.54, 1.807) is 7.11 Å². The van der Waals surface area contributed by atoms with E-state index in [2.05, 4.69) is 12.2 Å². The largest absolute Gasteiger partial charge is 0.382 e. The molecular formula is C15H31NO2.